The topological polar surface area (TPSA) is 51.6 Å². The molecule has 0 amide bonds. The highest BCUT2D eigenvalue weighted by atomic mass is 15.1. The Morgan fingerprint density at radius 2 is 1.70 bits per heavy atom. The summed E-state index contributed by atoms with van der Waals surface area (Å²) < 4.78 is 0. The minimum Gasteiger partial charge on any atom is -0.234 e. The highest BCUT2D eigenvalue weighted by Gasteiger charge is 2.09. The van der Waals surface area contributed by atoms with E-state index in [2.05, 4.69) is 52.2 Å². The van der Waals surface area contributed by atoms with Crippen LogP contribution in [-0.4, -0.2) is 20.2 Å². The molecule has 0 saturated heterocycles. The normalized spacial score (nSPS) is 9.96. The maximum absolute atomic E-state index is 4.56. The van der Waals surface area contributed by atoms with Crippen molar-refractivity contribution in [3.05, 3.63) is 59.5 Å². The molecule has 0 atom stereocenters. The monoisotopic (exact) mass is 306 g/mol. The van der Waals surface area contributed by atoms with Gasteiger partial charge in [-0.3, -0.25) is 0 Å². The van der Waals surface area contributed by atoms with Gasteiger partial charge >= 0.3 is 0 Å². The summed E-state index contributed by atoms with van der Waals surface area (Å²) in [6.45, 7) is 10.2. The van der Waals surface area contributed by atoms with Crippen LogP contribution in [-0.2, 0) is 0 Å². The van der Waals surface area contributed by atoms with E-state index in [1.54, 1.807) is 6.20 Å². The zero-order valence-corrected chi connectivity index (χ0v) is 14.3. The second-order valence-corrected chi connectivity index (χ2v) is 5.10. The molecule has 0 saturated carbocycles. The average Bonchev–Trinajstić information content (AvgIpc) is 2.60. The third-order valence-electron chi connectivity index (χ3n) is 3.60. The number of hydrogen-bond donors (Lipinski definition) is 0. The van der Waals surface area contributed by atoms with Crippen molar-refractivity contribution in [2.24, 2.45) is 0 Å². The van der Waals surface area contributed by atoms with Crippen molar-refractivity contribution >= 4 is 0 Å². The summed E-state index contributed by atoms with van der Waals surface area (Å²) in [6, 6.07) is 10.1. The quantitative estimate of drug-likeness (QED) is 0.697. The molecule has 0 radical (unpaired) electrons. The Kier molecular flexibility index (Phi) is 5.52. The van der Waals surface area contributed by atoms with Crippen LogP contribution in [0.15, 0.2) is 42.7 Å². The second-order valence-electron chi connectivity index (χ2n) is 5.10. The van der Waals surface area contributed by atoms with Crippen molar-refractivity contribution in [2.75, 3.05) is 0 Å². The molecule has 2 aromatic heterocycles. The smallest absolute Gasteiger partial charge is 0.180 e. The third-order valence-corrected chi connectivity index (χ3v) is 3.60. The minimum atomic E-state index is 0.605. The Morgan fingerprint density at radius 3 is 2.30 bits per heavy atom. The fraction of sp³-hybridized carbons (Fsp3) is 0.263. The fourth-order valence-electron chi connectivity index (χ4n) is 2.20. The van der Waals surface area contributed by atoms with Crippen LogP contribution in [0.3, 0.4) is 0 Å². The van der Waals surface area contributed by atoms with E-state index in [4.69, 9.17) is 0 Å². The first kappa shape index (κ1) is 16.7. The van der Waals surface area contributed by atoms with E-state index in [9.17, 15) is 0 Å². The van der Waals surface area contributed by atoms with Gasteiger partial charge in [0.15, 0.2) is 5.82 Å². The lowest BCUT2D eigenvalue weighted by Gasteiger charge is -2.09. The largest absolute Gasteiger partial charge is 0.234 e. The molecule has 0 aliphatic rings. The SMILES string of the molecule is CC.Cc1ccc(-c2cnc(-c3cccnn3)nc2C)cc1C. The molecule has 3 rings (SSSR count). The van der Waals surface area contributed by atoms with Crippen LogP contribution in [0, 0.1) is 20.8 Å². The fourth-order valence-corrected chi connectivity index (χ4v) is 2.20. The zero-order valence-electron chi connectivity index (χ0n) is 14.3. The minimum absolute atomic E-state index is 0.605. The summed E-state index contributed by atoms with van der Waals surface area (Å²) in [5, 5.41) is 7.91. The molecule has 1 aromatic carbocycles. The highest BCUT2D eigenvalue weighted by Crippen LogP contribution is 2.25. The predicted molar refractivity (Wildman–Crippen MR) is 94.1 cm³/mol. The van der Waals surface area contributed by atoms with Gasteiger partial charge in [0, 0.05) is 23.7 Å². The standard InChI is InChI=1S/C17H16N4.C2H6/c1-11-6-7-14(9-12(11)2)15-10-18-17(20-13(15)3)16-5-4-8-19-21-16;1-2/h4-10H,1-3H3;1-2H3. The number of benzene rings is 1. The molecule has 0 aliphatic heterocycles. The molecule has 0 unspecified atom stereocenters. The maximum Gasteiger partial charge on any atom is 0.180 e. The number of nitrogens with zero attached hydrogens (tertiary/aromatic N) is 4. The van der Waals surface area contributed by atoms with Crippen LogP contribution in [0.2, 0.25) is 0 Å². The molecule has 0 N–H and O–H groups in total. The predicted octanol–water partition coefficient (Wildman–Crippen LogP) is 4.55. The summed E-state index contributed by atoms with van der Waals surface area (Å²) in [7, 11) is 0. The first-order chi connectivity index (χ1) is 11.1. The molecule has 3 aromatic rings. The van der Waals surface area contributed by atoms with Gasteiger partial charge in [-0.15, -0.1) is 5.10 Å². The first-order valence-electron chi connectivity index (χ1n) is 7.84. The van der Waals surface area contributed by atoms with Gasteiger partial charge in [0.05, 0.1) is 0 Å². The van der Waals surface area contributed by atoms with E-state index in [0.29, 0.717) is 11.5 Å². The van der Waals surface area contributed by atoms with Gasteiger partial charge in [0.1, 0.15) is 5.69 Å². The Labute approximate surface area is 137 Å². The van der Waals surface area contributed by atoms with Crippen molar-refractivity contribution in [3.63, 3.8) is 0 Å². The van der Waals surface area contributed by atoms with Crippen LogP contribution in [0.1, 0.15) is 30.7 Å². The molecule has 2 heterocycles. The molecule has 23 heavy (non-hydrogen) atoms. The maximum atomic E-state index is 4.56. The second kappa shape index (κ2) is 7.58. The van der Waals surface area contributed by atoms with Crippen LogP contribution >= 0.6 is 0 Å². The van der Waals surface area contributed by atoms with Crippen LogP contribution in [0.25, 0.3) is 22.6 Å². The van der Waals surface area contributed by atoms with Gasteiger partial charge in [-0.2, -0.15) is 5.10 Å². The van der Waals surface area contributed by atoms with E-state index in [1.807, 2.05) is 39.1 Å². The molecule has 4 nitrogen and oxygen atoms in total. The lowest BCUT2D eigenvalue weighted by atomic mass is 10.0. The van der Waals surface area contributed by atoms with Gasteiger partial charge in [-0.05, 0) is 49.6 Å². The zero-order chi connectivity index (χ0) is 16.8. The Bertz CT molecular complexity index is 783. The van der Waals surface area contributed by atoms with E-state index in [1.165, 1.54) is 11.1 Å². The molecule has 0 spiro atoms. The van der Waals surface area contributed by atoms with Gasteiger partial charge in [-0.1, -0.05) is 32.0 Å². The molecule has 4 heteroatoms. The highest BCUT2D eigenvalue weighted by molar-refractivity contribution is 5.67. The summed E-state index contributed by atoms with van der Waals surface area (Å²) in [5.41, 5.74) is 6.37. The van der Waals surface area contributed by atoms with Gasteiger partial charge in [-0.25, -0.2) is 9.97 Å². The lowest BCUT2D eigenvalue weighted by Crippen LogP contribution is -1.97. The van der Waals surface area contributed by atoms with Crippen molar-refractivity contribution < 1.29 is 0 Å². The van der Waals surface area contributed by atoms with Crippen LogP contribution < -0.4 is 0 Å². The molecule has 0 bridgehead atoms. The van der Waals surface area contributed by atoms with E-state index < -0.39 is 0 Å². The number of rotatable bonds is 2. The summed E-state index contributed by atoms with van der Waals surface area (Å²) in [5.74, 6) is 0.605. The van der Waals surface area contributed by atoms with E-state index >= 15 is 0 Å². The summed E-state index contributed by atoms with van der Waals surface area (Å²) in [4.78, 5) is 8.98. The van der Waals surface area contributed by atoms with Crippen molar-refractivity contribution in [1.82, 2.24) is 20.2 Å². The summed E-state index contributed by atoms with van der Waals surface area (Å²) in [6.07, 6.45) is 3.50. The van der Waals surface area contributed by atoms with Crippen LogP contribution in [0.5, 0.6) is 0 Å². The lowest BCUT2D eigenvalue weighted by molar-refractivity contribution is 1.00. The van der Waals surface area contributed by atoms with Crippen LogP contribution in [0.4, 0.5) is 0 Å². The molecule has 0 aliphatic carbocycles. The molecule has 118 valence electrons. The first-order valence-corrected chi connectivity index (χ1v) is 7.84. The van der Waals surface area contributed by atoms with E-state index in [0.717, 1.165) is 16.8 Å². The van der Waals surface area contributed by atoms with Gasteiger partial charge < -0.3 is 0 Å². The van der Waals surface area contributed by atoms with Crippen molar-refractivity contribution in [1.29, 1.82) is 0 Å². The molecular weight excluding hydrogens is 284 g/mol. The Morgan fingerprint density at radius 1 is 0.913 bits per heavy atom. The molecule has 0 fully saturated rings. The third kappa shape index (κ3) is 3.77. The Hall–Kier alpha value is -2.62. The number of aryl methyl sites for hydroxylation is 3. The molecular formula is C19H22N4. The summed E-state index contributed by atoms with van der Waals surface area (Å²) >= 11 is 0. The van der Waals surface area contributed by atoms with Gasteiger partial charge in [0.2, 0.25) is 0 Å². The van der Waals surface area contributed by atoms with Gasteiger partial charge in [0.25, 0.3) is 0 Å². The number of aromatic nitrogens is 4. The van der Waals surface area contributed by atoms with Crippen molar-refractivity contribution in [3.8, 4) is 22.6 Å². The average molecular weight is 306 g/mol. The van der Waals surface area contributed by atoms with Crippen molar-refractivity contribution in [2.45, 2.75) is 34.6 Å². The Balaban J connectivity index is 0.000000924. The van der Waals surface area contributed by atoms with E-state index in [-0.39, 0.29) is 0 Å². The number of hydrogen-bond acceptors (Lipinski definition) is 4.